The molecule has 0 heterocycles. The maximum atomic E-state index is 13.9. The van der Waals surface area contributed by atoms with Crippen LogP contribution in [0.15, 0.2) is 16.6 Å². The minimum atomic E-state index is -0.501. The molecule has 0 bridgehead atoms. The van der Waals surface area contributed by atoms with Crippen molar-refractivity contribution < 1.29 is 9.18 Å². The van der Waals surface area contributed by atoms with Gasteiger partial charge in [-0.1, -0.05) is 31.9 Å². The summed E-state index contributed by atoms with van der Waals surface area (Å²) in [4.78, 5) is 12.4. The average Bonchev–Trinajstić information content (AvgIpc) is 2.62. The van der Waals surface area contributed by atoms with Crippen molar-refractivity contribution in [2.24, 2.45) is 11.3 Å². The van der Waals surface area contributed by atoms with Gasteiger partial charge < -0.3 is 0 Å². The molecule has 2 rings (SSSR count). The van der Waals surface area contributed by atoms with Crippen molar-refractivity contribution in [3.63, 3.8) is 0 Å². The van der Waals surface area contributed by atoms with Gasteiger partial charge in [-0.3, -0.25) is 4.79 Å². The lowest BCUT2D eigenvalue weighted by atomic mass is 9.77. The van der Waals surface area contributed by atoms with Gasteiger partial charge >= 0.3 is 0 Å². The Hall–Kier alpha value is -0.410. The van der Waals surface area contributed by atoms with Crippen LogP contribution in [0.1, 0.15) is 43.5 Å². The molecule has 0 spiro atoms. The highest BCUT2D eigenvalue weighted by Crippen LogP contribution is 2.44. The van der Waals surface area contributed by atoms with Crippen LogP contribution in [0.25, 0.3) is 0 Å². The van der Waals surface area contributed by atoms with E-state index in [-0.39, 0.29) is 22.7 Å². The van der Waals surface area contributed by atoms with Gasteiger partial charge in [0.15, 0.2) is 5.78 Å². The normalized spacial score (nSPS) is 22.2. The molecular formula is C14H15BrClFO. The van der Waals surface area contributed by atoms with Crippen molar-refractivity contribution in [1.29, 1.82) is 0 Å². The van der Waals surface area contributed by atoms with Crippen molar-refractivity contribution in [3.8, 4) is 0 Å². The van der Waals surface area contributed by atoms with Crippen LogP contribution in [0.4, 0.5) is 4.39 Å². The Kier molecular flexibility index (Phi) is 3.84. The lowest BCUT2D eigenvalue weighted by Crippen LogP contribution is -2.26. The molecule has 1 nitrogen and oxygen atoms in total. The van der Waals surface area contributed by atoms with Crippen LogP contribution >= 0.6 is 27.5 Å². The fraction of sp³-hybridized carbons (Fsp3) is 0.500. The topological polar surface area (TPSA) is 17.1 Å². The van der Waals surface area contributed by atoms with Crippen LogP contribution in [0.2, 0.25) is 5.02 Å². The molecular weight excluding hydrogens is 319 g/mol. The number of carbonyl (C=O) groups excluding carboxylic acids is 1. The molecule has 1 fully saturated rings. The third-order valence-corrected chi connectivity index (χ3v) is 5.05. The molecule has 0 N–H and O–H groups in total. The summed E-state index contributed by atoms with van der Waals surface area (Å²) in [6.07, 6.45) is 2.86. The number of hydrogen-bond acceptors (Lipinski definition) is 1. The molecule has 0 radical (unpaired) electrons. The fourth-order valence-electron chi connectivity index (χ4n) is 2.71. The Morgan fingerprint density at radius 1 is 1.50 bits per heavy atom. The standard InChI is InChI=1S/C14H15BrClFO/c1-14(2)5-3-4-9(14)13(18)8-6-11(16)10(15)7-12(8)17/h6-7,9H,3-5H2,1-2H3. The van der Waals surface area contributed by atoms with Gasteiger partial charge in [0.25, 0.3) is 0 Å². The van der Waals surface area contributed by atoms with Gasteiger partial charge in [-0.2, -0.15) is 0 Å². The van der Waals surface area contributed by atoms with E-state index in [9.17, 15) is 9.18 Å². The summed E-state index contributed by atoms with van der Waals surface area (Å²) >= 11 is 9.09. The minimum absolute atomic E-state index is 0.0525. The van der Waals surface area contributed by atoms with E-state index < -0.39 is 5.82 Å². The molecule has 0 saturated heterocycles. The number of halogens is 3. The summed E-state index contributed by atoms with van der Waals surface area (Å²) in [6, 6.07) is 2.69. The Morgan fingerprint density at radius 3 is 2.72 bits per heavy atom. The number of hydrogen-bond donors (Lipinski definition) is 0. The van der Waals surface area contributed by atoms with Gasteiger partial charge in [-0.05, 0) is 46.3 Å². The van der Waals surface area contributed by atoms with Crippen LogP contribution in [0.5, 0.6) is 0 Å². The van der Waals surface area contributed by atoms with Gasteiger partial charge in [-0.25, -0.2) is 4.39 Å². The van der Waals surface area contributed by atoms with Crippen LogP contribution in [0.3, 0.4) is 0 Å². The van der Waals surface area contributed by atoms with Gasteiger partial charge in [0.2, 0.25) is 0 Å². The molecule has 1 aromatic carbocycles. The molecule has 1 aliphatic carbocycles. The Labute approximate surface area is 120 Å². The molecule has 0 amide bonds. The zero-order valence-electron chi connectivity index (χ0n) is 10.4. The molecule has 98 valence electrons. The van der Waals surface area contributed by atoms with Gasteiger partial charge in [-0.15, -0.1) is 0 Å². The number of Topliss-reactive ketones (excluding diaryl/α,β-unsaturated/α-hetero) is 1. The Balaban J connectivity index is 2.38. The van der Waals surface area contributed by atoms with Gasteiger partial charge in [0, 0.05) is 10.4 Å². The van der Waals surface area contributed by atoms with Crippen molar-refractivity contribution in [2.45, 2.75) is 33.1 Å². The molecule has 4 heteroatoms. The third-order valence-electron chi connectivity index (χ3n) is 3.85. The predicted octanol–water partition coefficient (Wildman–Crippen LogP) is 5.25. The Bertz CT molecular complexity index is 499. The van der Waals surface area contributed by atoms with Crippen molar-refractivity contribution >= 4 is 33.3 Å². The summed E-state index contributed by atoms with van der Waals surface area (Å²) < 4.78 is 14.4. The monoisotopic (exact) mass is 332 g/mol. The maximum absolute atomic E-state index is 13.9. The number of ketones is 1. The average molecular weight is 334 g/mol. The van der Waals surface area contributed by atoms with E-state index in [1.807, 2.05) is 0 Å². The summed E-state index contributed by atoms with van der Waals surface area (Å²) in [5.74, 6) is -0.729. The second-order valence-electron chi connectivity index (χ2n) is 5.54. The fourth-order valence-corrected chi connectivity index (χ4v) is 3.19. The predicted molar refractivity (Wildman–Crippen MR) is 74.6 cm³/mol. The lowest BCUT2D eigenvalue weighted by Gasteiger charge is -2.25. The first kappa shape index (κ1) is 14.0. The zero-order valence-corrected chi connectivity index (χ0v) is 12.7. The zero-order chi connectivity index (χ0) is 13.5. The summed E-state index contributed by atoms with van der Waals surface area (Å²) in [5, 5.41) is 0.371. The summed E-state index contributed by atoms with van der Waals surface area (Å²) in [6.45, 7) is 4.14. The number of rotatable bonds is 2. The van der Waals surface area contributed by atoms with Crippen LogP contribution in [0, 0.1) is 17.2 Å². The van der Waals surface area contributed by atoms with Crippen LogP contribution in [-0.4, -0.2) is 5.78 Å². The molecule has 0 aromatic heterocycles. The smallest absolute Gasteiger partial charge is 0.169 e. The molecule has 1 atom stereocenters. The second-order valence-corrected chi connectivity index (χ2v) is 6.81. The first-order valence-corrected chi connectivity index (χ1v) is 7.19. The highest BCUT2D eigenvalue weighted by atomic mass is 79.9. The molecule has 1 aromatic rings. The lowest BCUT2D eigenvalue weighted by molar-refractivity contribution is 0.0835. The van der Waals surface area contributed by atoms with E-state index in [1.54, 1.807) is 0 Å². The van der Waals surface area contributed by atoms with Crippen LogP contribution in [-0.2, 0) is 0 Å². The van der Waals surface area contributed by atoms with E-state index in [0.29, 0.717) is 9.50 Å². The quantitative estimate of drug-likeness (QED) is 0.533. The summed E-state index contributed by atoms with van der Waals surface area (Å²) in [7, 11) is 0. The highest BCUT2D eigenvalue weighted by Gasteiger charge is 2.40. The SMILES string of the molecule is CC1(C)CCCC1C(=O)c1cc(Cl)c(Br)cc1F. The summed E-state index contributed by atoms with van der Waals surface area (Å²) in [5.41, 5.74) is 0.0615. The first-order chi connectivity index (χ1) is 8.33. The number of carbonyl (C=O) groups is 1. The van der Waals surface area contributed by atoms with E-state index in [1.165, 1.54) is 12.1 Å². The second kappa shape index (κ2) is 4.93. The van der Waals surface area contributed by atoms with E-state index in [4.69, 9.17) is 11.6 Å². The van der Waals surface area contributed by atoms with Gasteiger partial charge in [0.05, 0.1) is 10.6 Å². The van der Waals surface area contributed by atoms with E-state index >= 15 is 0 Å². The molecule has 0 aliphatic heterocycles. The maximum Gasteiger partial charge on any atom is 0.169 e. The third kappa shape index (κ3) is 2.48. The van der Waals surface area contributed by atoms with Gasteiger partial charge in [0.1, 0.15) is 5.82 Å². The van der Waals surface area contributed by atoms with Crippen LogP contribution < -0.4 is 0 Å². The molecule has 1 unspecified atom stereocenters. The molecule has 1 saturated carbocycles. The number of benzene rings is 1. The highest BCUT2D eigenvalue weighted by molar-refractivity contribution is 9.10. The first-order valence-electron chi connectivity index (χ1n) is 6.01. The van der Waals surface area contributed by atoms with E-state index in [2.05, 4.69) is 29.8 Å². The van der Waals surface area contributed by atoms with E-state index in [0.717, 1.165) is 19.3 Å². The Morgan fingerprint density at radius 2 is 2.17 bits per heavy atom. The largest absolute Gasteiger partial charge is 0.294 e. The molecule has 1 aliphatic rings. The minimum Gasteiger partial charge on any atom is -0.294 e. The van der Waals surface area contributed by atoms with Crippen molar-refractivity contribution in [1.82, 2.24) is 0 Å². The van der Waals surface area contributed by atoms with Crippen molar-refractivity contribution in [2.75, 3.05) is 0 Å². The molecule has 18 heavy (non-hydrogen) atoms. The van der Waals surface area contributed by atoms with Crippen molar-refractivity contribution in [3.05, 3.63) is 33.0 Å².